The monoisotopic (exact) mass is 356 g/mol. The Bertz CT molecular complexity index is 675. The third-order valence-electron chi connectivity index (χ3n) is 3.69. The van der Waals surface area contributed by atoms with E-state index in [1.165, 1.54) is 24.2 Å². The van der Waals surface area contributed by atoms with E-state index in [9.17, 15) is 4.79 Å². The Morgan fingerprint density at radius 3 is 2.20 bits per heavy atom. The standard InChI is InChI=1S/C21H24O3S/c1-2-3-4-5-6-7-16-25-20-14-10-18(11-15-20)17-8-12-19(13-9-17)24-21(22)23/h5-6,8-15H,2-4,7,16H2,1H3,(H,22,23). The SMILES string of the molecule is CCCCC=CCCSc1ccc(-c2ccc(OC(=O)O)cc2)cc1. The second-order valence-electron chi connectivity index (χ2n) is 5.67. The minimum Gasteiger partial charge on any atom is -0.449 e. The van der Waals surface area contributed by atoms with Gasteiger partial charge in [-0.25, -0.2) is 4.79 Å². The largest absolute Gasteiger partial charge is 0.511 e. The Labute approximate surface area is 153 Å². The Kier molecular flexibility index (Phi) is 8.13. The van der Waals surface area contributed by atoms with Crippen molar-refractivity contribution >= 4 is 17.9 Å². The number of rotatable bonds is 9. The molecule has 2 aromatic rings. The van der Waals surface area contributed by atoms with Gasteiger partial charge in [0.25, 0.3) is 0 Å². The van der Waals surface area contributed by atoms with Gasteiger partial charge in [-0.2, -0.15) is 0 Å². The third kappa shape index (κ3) is 7.06. The Morgan fingerprint density at radius 2 is 1.60 bits per heavy atom. The predicted octanol–water partition coefficient (Wildman–Crippen LogP) is 6.64. The van der Waals surface area contributed by atoms with Gasteiger partial charge in [-0.05, 0) is 48.2 Å². The zero-order chi connectivity index (χ0) is 17.9. The highest BCUT2D eigenvalue weighted by atomic mass is 32.2. The minimum atomic E-state index is -1.30. The summed E-state index contributed by atoms with van der Waals surface area (Å²) in [5, 5.41) is 8.60. The van der Waals surface area contributed by atoms with Crippen LogP contribution in [0.2, 0.25) is 0 Å². The zero-order valence-corrected chi connectivity index (χ0v) is 15.3. The van der Waals surface area contributed by atoms with E-state index < -0.39 is 6.16 Å². The first kappa shape index (κ1) is 19.1. The highest BCUT2D eigenvalue weighted by Crippen LogP contribution is 2.26. The highest BCUT2D eigenvalue weighted by Gasteiger charge is 2.02. The van der Waals surface area contributed by atoms with E-state index in [1.807, 2.05) is 23.9 Å². The molecule has 0 aliphatic heterocycles. The minimum absolute atomic E-state index is 0.329. The molecular weight excluding hydrogens is 332 g/mol. The topological polar surface area (TPSA) is 46.5 Å². The molecule has 0 heterocycles. The lowest BCUT2D eigenvalue weighted by molar-refractivity contribution is 0.144. The first-order valence-electron chi connectivity index (χ1n) is 8.58. The molecule has 0 atom stereocenters. The molecule has 1 N–H and O–H groups in total. The van der Waals surface area contributed by atoms with E-state index in [-0.39, 0.29) is 0 Å². The molecular formula is C21H24O3S. The molecule has 0 saturated heterocycles. The van der Waals surface area contributed by atoms with Gasteiger partial charge in [0.2, 0.25) is 0 Å². The van der Waals surface area contributed by atoms with Crippen LogP contribution in [0.1, 0.15) is 32.6 Å². The van der Waals surface area contributed by atoms with Crippen LogP contribution in [0, 0.1) is 0 Å². The van der Waals surface area contributed by atoms with Crippen molar-refractivity contribution in [3.05, 3.63) is 60.7 Å². The Hall–Kier alpha value is -2.20. The second-order valence-corrected chi connectivity index (χ2v) is 6.84. The first-order valence-corrected chi connectivity index (χ1v) is 9.56. The molecule has 3 nitrogen and oxygen atoms in total. The fourth-order valence-corrected chi connectivity index (χ4v) is 3.18. The van der Waals surface area contributed by atoms with Crippen LogP contribution in [0.5, 0.6) is 5.75 Å². The molecule has 0 saturated carbocycles. The molecule has 0 aromatic heterocycles. The molecule has 0 unspecified atom stereocenters. The summed E-state index contributed by atoms with van der Waals surface area (Å²) in [4.78, 5) is 11.8. The van der Waals surface area contributed by atoms with Crippen LogP contribution in [-0.2, 0) is 0 Å². The molecule has 2 aromatic carbocycles. The number of hydrogen-bond acceptors (Lipinski definition) is 3. The first-order chi connectivity index (χ1) is 12.2. The van der Waals surface area contributed by atoms with E-state index in [4.69, 9.17) is 5.11 Å². The van der Waals surface area contributed by atoms with E-state index in [0.717, 1.165) is 23.3 Å². The lowest BCUT2D eigenvalue weighted by Crippen LogP contribution is -2.02. The molecule has 0 amide bonds. The average molecular weight is 356 g/mol. The van der Waals surface area contributed by atoms with Gasteiger partial charge in [-0.15, -0.1) is 11.8 Å². The summed E-state index contributed by atoms with van der Waals surface area (Å²) in [7, 11) is 0. The quantitative estimate of drug-likeness (QED) is 0.180. The summed E-state index contributed by atoms with van der Waals surface area (Å²) in [5.41, 5.74) is 2.14. The van der Waals surface area contributed by atoms with Crippen LogP contribution in [0.3, 0.4) is 0 Å². The maximum absolute atomic E-state index is 10.5. The average Bonchev–Trinajstić information content (AvgIpc) is 2.62. The van der Waals surface area contributed by atoms with Gasteiger partial charge >= 0.3 is 6.16 Å². The summed E-state index contributed by atoms with van der Waals surface area (Å²) in [6, 6.07) is 15.5. The smallest absolute Gasteiger partial charge is 0.449 e. The summed E-state index contributed by atoms with van der Waals surface area (Å²) >= 11 is 1.86. The third-order valence-corrected chi connectivity index (χ3v) is 4.74. The van der Waals surface area contributed by atoms with Gasteiger partial charge in [-0.3, -0.25) is 0 Å². The van der Waals surface area contributed by atoms with Crippen molar-refractivity contribution in [2.45, 2.75) is 37.5 Å². The molecule has 4 heteroatoms. The molecule has 25 heavy (non-hydrogen) atoms. The van der Waals surface area contributed by atoms with Crippen LogP contribution in [0.25, 0.3) is 11.1 Å². The summed E-state index contributed by atoms with van der Waals surface area (Å²) < 4.78 is 4.62. The van der Waals surface area contributed by atoms with Crippen LogP contribution >= 0.6 is 11.8 Å². The van der Waals surface area contributed by atoms with Gasteiger partial charge in [0, 0.05) is 10.6 Å². The number of thioether (sulfide) groups is 1. The van der Waals surface area contributed by atoms with E-state index >= 15 is 0 Å². The molecule has 2 rings (SSSR count). The maximum Gasteiger partial charge on any atom is 0.511 e. The number of benzene rings is 2. The van der Waals surface area contributed by atoms with Gasteiger partial charge in [0.1, 0.15) is 5.75 Å². The van der Waals surface area contributed by atoms with Crippen LogP contribution in [0.4, 0.5) is 4.79 Å². The number of allylic oxidation sites excluding steroid dienone is 2. The molecule has 0 aliphatic rings. The Morgan fingerprint density at radius 1 is 1.00 bits per heavy atom. The molecule has 0 aliphatic carbocycles. The van der Waals surface area contributed by atoms with Crippen LogP contribution in [0.15, 0.2) is 65.6 Å². The van der Waals surface area contributed by atoms with Crippen LogP contribution < -0.4 is 4.74 Å². The second kappa shape index (κ2) is 10.6. The van der Waals surface area contributed by atoms with Crippen molar-refractivity contribution in [1.82, 2.24) is 0 Å². The maximum atomic E-state index is 10.5. The fourth-order valence-electron chi connectivity index (χ4n) is 2.36. The molecule has 0 fully saturated rings. The highest BCUT2D eigenvalue weighted by molar-refractivity contribution is 7.99. The molecule has 0 spiro atoms. The molecule has 132 valence electrons. The van der Waals surface area contributed by atoms with E-state index in [2.05, 4.69) is 48.1 Å². The van der Waals surface area contributed by atoms with Gasteiger partial charge in [0.15, 0.2) is 0 Å². The summed E-state index contributed by atoms with van der Waals surface area (Å²) in [5.74, 6) is 1.42. The number of ether oxygens (including phenoxy) is 1. The van der Waals surface area contributed by atoms with Crippen LogP contribution in [-0.4, -0.2) is 17.0 Å². The summed E-state index contributed by atoms with van der Waals surface area (Å²) in [6.07, 6.45) is 8.07. The van der Waals surface area contributed by atoms with Crippen molar-refractivity contribution in [3.8, 4) is 16.9 Å². The van der Waals surface area contributed by atoms with E-state index in [0.29, 0.717) is 5.75 Å². The number of carbonyl (C=O) groups is 1. The zero-order valence-electron chi connectivity index (χ0n) is 14.5. The van der Waals surface area contributed by atoms with Crippen molar-refractivity contribution in [3.63, 3.8) is 0 Å². The van der Waals surface area contributed by atoms with Gasteiger partial charge in [-0.1, -0.05) is 56.2 Å². The normalized spacial score (nSPS) is 10.9. The molecule has 0 bridgehead atoms. The van der Waals surface area contributed by atoms with Crippen molar-refractivity contribution in [2.75, 3.05) is 5.75 Å². The fraction of sp³-hybridized carbons (Fsp3) is 0.286. The molecule has 0 radical (unpaired) electrons. The van der Waals surface area contributed by atoms with Crippen molar-refractivity contribution < 1.29 is 14.6 Å². The predicted molar refractivity (Wildman–Crippen MR) is 105 cm³/mol. The van der Waals surface area contributed by atoms with Crippen molar-refractivity contribution in [1.29, 1.82) is 0 Å². The lowest BCUT2D eigenvalue weighted by atomic mass is 10.1. The number of hydrogen-bond donors (Lipinski definition) is 1. The summed E-state index contributed by atoms with van der Waals surface area (Å²) in [6.45, 7) is 2.21. The van der Waals surface area contributed by atoms with Crippen molar-refractivity contribution in [2.24, 2.45) is 0 Å². The van der Waals surface area contributed by atoms with Gasteiger partial charge < -0.3 is 9.84 Å². The van der Waals surface area contributed by atoms with Gasteiger partial charge in [0.05, 0.1) is 0 Å². The Balaban J connectivity index is 1.83. The lowest BCUT2D eigenvalue weighted by Gasteiger charge is -2.05. The number of carboxylic acid groups (broad SMARTS) is 1. The van der Waals surface area contributed by atoms with E-state index in [1.54, 1.807) is 12.1 Å². The number of unbranched alkanes of at least 4 members (excludes halogenated alkanes) is 2.